The normalized spacial score (nSPS) is 21.1. The average Bonchev–Trinajstić information content (AvgIpc) is 2.77. The molecule has 1 saturated heterocycles. The Labute approximate surface area is 106 Å². The van der Waals surface area contributed by atoms with Crippen LogP contribution in [-0.4, -0.2) is 50.6 Å². The lowest BCUT2D eigenvalue weighted by molar-refractivity contribution is -0.143. The Morgan fingerprint density at radius 2 is 2.39 bits per heavy atom. The fraction of sp³-hybridized carbons (Fsp3) is 0.667. The topological polar surface area (TPSA) is 78.6 Å². The molecule has 2 N–H and O–H groups in total. The third-order valence-corrected chi connectivity index (χ3v) is 3.28. The zero-order valence-electron chi connectivity index (χ0n) is 10.3. The molecule has 0 bridgehead atoms. The highest BCUT2D eigenvalue weighted by Gasteiger charge is 2.25. The first-order valence-corrected chi connectivity index (χ1v) is 6.26. The van der Waals surface area contributed by atoms with Crippen molar-refractivity contribution in [3.63, 3.8) is 0 Å². The van der Waals surface area contributed by atoms with Crippen LogP contribution in [0.3, 0.4) is 0 Å². The number of piperidine rings is 1. The predicted octanol–water partition coefficient (Wildman–Crippen LogP) is 0.172. The largest absolute Gasteiger partial charge is 0.481 e. The van der Waals surface area contributed by atoms with Crippen LogP contribution in [0.5, 0.6) is 0 Å². The van der Waals surface area contributed by atoms with Gasteiger partial charge >= 0.3 is 5.97 Å². The summed E-state index contributed by atoms with van der Waals surface area (Å²) in [6.45, 7) is 2.86. The third kappa shape index (κ3) is 3.30. The van der Waals surface area contributed by atoms with Crippen LogP contribution in [0, 0.1) is 5.92 Å². The molecule has 0 radical (unpaired) electrons. The highest BCUT2D eigenvalue weighted by molar-refractivity contribution is 5.70. The molecule has 1 fully saturated rings. The van der Waals surface area contributed by atoms with E-state index in [1.807, 2.05) is 6.20 Å². The second-order valence-electron chi connectivity index (χ2n) is 4.75. The summed E-state index contributed by atoms with van der Waals surface area (Å²) < 4.78 is 1.70. The first-order valence-electron chi connectivity index (χ1n) is 6.26. The van der Waals surface area contributed by atoms with Crippen LogP contribution < -0.4 is 0 Å². The van der Waals surface area contributed by atoms with E-state index in [0.29, 0.717) is 13.1 Å². The average molecular weight is 253 g/mol. The Morgan fingerprint density at radius 1 is 1.56 bits per heavy atom. The number of aliphatic hydroxyl groups is 1. The molecule has 100 valence electrons. The maximum atomic E-state index is 11.0. The van der Waals surface area contributed by atoms with Gasteiger partial charge in [0.25, 0.3) is 0 Å². The van der Waals surface area contributed by atoms with Crippen LogP contribution in [-0.2, 0) is 17.9 Å². The highest BCUT2D eigenvalue weighted by Crippen LogP contribution is 2.18. The number of aliphatic carboxylic acids is 1. The molecule has 0 aliphatic carbocycles. The van der Waals surface area contributed by atoms with E-state index in [2.05, 4.69) is 10.00 Å². The number of rotatable bonds is 5. The van der Waals surface area contributed by atoms with Gasteiger partial charge in [-0.3, -0.25) is 14.4 Å². The number of aliphatic hydroxyl groups excluding tert-OH is 1. The fourth-order valence-electron chi connectivity index (χ4n) is 2.37. The number of carbonyl (C=O) groups is 1. The Morgan fingerprint density at radius 3 is 3.11 bits per heavy atom. The Kier molecular flexibility index (Phi) is 4.33. The van der Waals surface area contributed by atoms with Crippen molar-refractivity contribution in [1.29, 1.82) is 0 Å². The van der Waals surface area contributed by atoms with E-state index in [-0.39, 0.29) is 12.5 Å². The number of hydrogen-bond donors (Lipinski definition) is 2. The summed E-state index contributed by atoms with van der Waals surface area (Å²) in [5, 5.41) is 22.0. The smallest absolute Gasteiger partial charge is 0.307 e. The quantitative estimate of drug-likeness (QED) is 0.782. The second kappa shape index (κ2) is 5.97. The maximum Gasteiger partial charge on any atom is 0.307 e. The van der Waals surface area contributed by atoms with Gasteiger partial charge in [0.05, 0.1) is 25.3 Å². The molecule has 1 aliphatic heterocycles. The molecule has 0 spiro atoms. The van der Waals surface area contributed by atoms with Crippen LogP contribution in [0.1, 0.15) is 18.4 Å². The Balaban J connectivity index is 1.89. The SMILES string of the molecule is O=C(O)C1CCCN(Cc2cnn(CCO)c2)C1. The highest BCUT2D eigenvalue weighted by atomic mass is 16.4. The minimum absolute atomic E-state index is 0.0753. The van der Waals surface area contributed by atoms with Crippen molar-refractivity contribution in [2.45, 2.75) is 25.9 Å². The standard InChI is InChI=1S/C12H19N3O3/c16-5-4-15-8-10(6-13-15)7-14-3-1-2-11(9-14)12(17)18/h6,8,11,16H,1-5,7,9H2,(H,17,18). The molecule has 0 amide bonds. The first kappa shape index (κ1) is 13.0. The Bertz CT molecular complexity index is 405. The van der Waals surface area contributed by atoms with Gasteiger partial charge in [-0.2, -0.15) is 5.10 Å². The van der Waals surface area contributed by atoms with Crippen LogP contribution in [0.15, 0.2) is 12.4 Å². The van der Waals surface area contributed by atoms with Crippen molar-refractivity contribution in [2.24, 2.45) is 5.92 Å². The van der Waals surface area contributed by atoms with E-state index in [1.54, 1.807) is 10.9 Å². The molecule has 1 aromatic rings. The number of aromatic nitrogens is 2. The minimum atomic E-state index is -0.698. The third-order valence-electron chi connectivity index (χ3n) is 3.28. The van der Waals surface area contributed by atoms with E-state index in [1.165, 1.54) is 0 Å². The molecule has 0 aromatic carbocycles. The lowest BCUT2D eigenvalue weighted by Gasteiger charge is -2.30. The predicted molar refractivity (Wildman–Crippen MR) is 64.9 cm³/mol. The van der Waals surface area contributed by atoms with Gasteiger partial charge in [-0.25, -0.2) is 0 Å². The molecule has 1 atom stereocenters. The number of carboxylic acid groups (broad SMARTS) is 1. The fourth-order valence-corrected chi connectivity index (χ4v) is 2.37. The van der Waals surface area contributed by atoms with Crippen LogP contribution in [0.2, 0.25) is 0 Å². The van der Waals surface area contributed by atoms with Crippen molar-refractivity contribution in [3.8, 4) is 0 Å². The molecule has 18 heavy (non-hydrogen) atoms. The van der Waals surface area contributed by atoms with Crippen LogP contribution in [0.4, 0.5) is 0 Å². The van der Waals surface area contributed by atoms with Crippen molar-refractivity contribution in [1.82, 2.24) is 14.7 Å². The Hall–Kier alpha value is -1.40. The summed E-state index contributed by atoms with van der Waals surface area (Å²) in [6.07, 6.45) is 5.39. The van der Waals surface area contributed by atoms with Crippen molar-refractivity contribution < 1.29 is 15.0 Å². The van der Waals surface area contributed by atoms with E-state index in [0.717, 1.165) is 31.5 Å². The van der Waals surface area contributed by atoms with Gasteiger partial charge < -0.3 is 10.2 Å². The molecule has 6 nitrogen and oxygen atoms in total. The van der Waals surface area contributed by atoms with Crippen molar-refractivity contribution in [2.75, 3.05) is 19.7 Å². The van der Waals surface area contributed by atoms with Gasteiger partial charge in [0, 0.05) is 24.8 Å². The summed E-state index contributed by atoms with van der Waals surface area (Å²) in [7, 11) is 0. The first-order chi connectivity index (χ1) is 8.69. The molecular weight excluding hydrogens is 234 g/mol. The van der Waals surface area contributed by atoms with E-state index in [9.17, 15) is 4.79 Å². The summed E-state index contributed by atoms with van der Waals surface area (Å²) in [4.78, 5) is 13.1. The van der Waals surface area contributed by atoms with Crippen molar-refractivity contribution >= 4 is 5.97 Å². The number of carboxylic acids is 1. The van der Waals surface area contributed by atoms with Gasteiger partial charge in [-0.15, -0.1) is 0 Å². The molecule has 2 rings (SSSR count). The van der Waals surface area contributed by atoms with E-state index in [4.69, 9.17) is 10.2 Å². The van der Waals surface area contributed by atoms with Crippen LogP contribution in [0.25, 0.3) is 0 Å². The molecule has 2 heterocycles. The summed E-state index contributed by atoms with van der Waals surface area (Å²) in [5.41, 5.74) is 1.06. The number of nitrogens with zero attached hydrogens (tertiary/aromatic N) is 3. The van der Waals surface area contributed by atoms with Crippen LogP contribution >= 0.6 is 0 Å². The number of hydrogen-bond acceptors (Lipinski definition) is 4. The molecule has 1 unspecified atom stereocenters. The van der Waals surface area contributed by atoms with Gasteiger partial charge in [0.2, 0.25) is 0 Å². The molecule has 0 saturated carbocycles. The zero-order chi connectivity index (χ0) is 13.0. The minimum Gasteiger partial charge on any atom is -0.481 e. The lowest BCUT2D eigenvalue weighted by Crippen LogP contribution is -2.38. The van der Waals surface area contributed by atoms with Gasteiger partial charge in [-0.05, 0) is 19.4 Å². The molecule has 1 aliphatic rings. The second-order valence-corrected chi connectivity index (χ2v) is 4.75. The summed E-state index contributed by atoms with van der Waals surface area (Å²) >= 11 is 0. The van der Waals surface area contributed by atoms with Gasteiger partial charge in [0.15, 0.2) is 0 Å². The summed E-state index contributed by atoms with van der Waals surface area (Å²) in [5.74, 6) is -0.943. The molecular formula is C12H19N3O3. The monoisotopic (exact) mass is 253 g/mol. The molecule has 1 aromatic heterocycles. The van der Waals surface area contributed by atoms with Gasteiger partial charge in [0.1, 0.15) is 0 Å². The number of likely N-dealkylation sites (tertiary alicyclic amines) is 1. The summed E-state index contributed by atoms with van der Waals surface area (Å²) in [6, 6.07) is 0. The zero-order valence-corrected chi connectivity index (χ0v) is 10.3. The van der Waals surface area contributed by atoms with Crippen molar-refractivity contribution in [3.05, 3.63) is 18.0 Å². The molecule has 6 heteroatoms. The van der Waals surface area contributed by atoms with E-state index < -0.39 is 5.97 Å². The van der Waals surface area contributed by atoms with Gasteiger partial charge in [-0.1, -0.05) is 0 Å². The van der Waals surface area contributed by atoms with E-state index >= 15 is 0 Å². The lowest BCUT2D eigenvalue weighted by atomic mass is 9.98. The maximum absolute atomic E-state index is 11.0.